The number of amides is 1. The van der Waals surface area contributed by atoms with Crippen molar-refractivity contribution in [1.29, 1.82) is 0 Å². The van der Waals surface area contributed by atoms with Crippen LogP contribution >= 0.6 is 11.6 Å². The van der Waals surface area contributed by atoms with Crippen molar-refractivity contribution in [2.24, 2.45) is 0 Å². The Bertz CT molecular complexity index is 1180. The fraction of sp³-hybridized carbons (Fsp3) is 0.263. The number of carbonyl (C=O) groups excluding carboxylic acids is 1. The van der Waals surface area contributed by atoms with Gasteiger partial charge in [-0.1, -0.05) is 23.7 Å². The van der Waals surface area contributed by atoms with Gasteiger partial charge in [-0.25, -0.2) is 4.85 Å². The summed E-state index contributed by atoms with van der Waals surface area (Å²) in [6, 6.07) is 7.47. The quantitative estimate of drug-likeness (QED) is 0.550. The smallest absolute Gasteiger partial charge is 0.272 e. The van der Waals surface area contributed by atoms with E-state index >= 15 is 0 Å². The number of hydrogen-bond acceptors (Lipinski definition) is 4. The molecular formula is C19H19ClN6O2. The van der Waals surface area contributed by atoms with Crippen molar-refractivity contribution in [1.82, 2.24) is 25.3 Å². The molecule has 9 heteroatoms. The van der Waals surface area contributed by atoms with E-state index in [9.17, 15) is 9.90 Å². The predicted molar refractivity (Wildman–Crippen MR) is 105 cm³/mol. The zero-order chi connectivity index (χ0) is 23.7. The Labute approximate surface area is 172 Å². The van der Waals surface area contributed by atoms with Crippen LogP contribution in [-0.4, -0.2) is 37.0 Å². The molecule has 28 heavy (non-hydrogen) atoms. The minimum Gasteiger partial charge on any atom is -0.387 e. The first kappa shape index (κ1) is 14.9. The molecule has 0 saturated heterocycles. The summed E-state index contributed by atoms with van der Waals surface area (Å²) >= 11 is 6.08. The molecule has 0 saturated carbocycles. The molecular weight excluding hydrogens is 380 g/mol. The Hall–Kier alpha value is -3.15. The third-order valence-electron chi connectivity index (χ3n) is 3.91. The van der Waals surface area contributed by atoms with Crippen molar-refractivity contribution >= 4 is 23.2 Å². The molecule has 3 N–H and O–H groups in total. The van der Waals surface area contributed by atoms with Crippen LogP contribution in [0, 0.1) is 6.57 Å². The van der Waals surface area contributed by atoms with Crippen LogP contribution < -0.4 is 5.32 Å². The summed E-state index contributed by atoms with van der Waals surface area (Å²) in [5.41, 5.74) is 1.19. The van der Waals surface area contributed by atoms with E-state index in [1.54, 1.807) is 42.1 Å². The molecule has 0 bridgehead atoms. The number of benzene rings is 1. The Morgan fingerprint density at radius 3 is 3.07 bits per heavy atom. The minimum atomic E-state index is -3.01. The molecule has 2 aromatic heterocycles. The van der Waals surface area contributed by atoms with Gasteiger partial charge in [-0.05, 0) is 32.0 Å². The van der Waals surface area contributed by atoms with Crippen molar-refractivity contribution in [3.05, 3.63) is 64.4 Å². The van der Waals surface area contributed by atoms with E-state index in [-0.39, 0.29) is 11.7 Å². The summed E-state index contributed by atoms with van der Waals surface area (Å²) in [5.74, 6) is -0.602. The average Bonchev–Trinajstić information content (AvgIpc) is 3.37. The van der Waals surface area contributed by atoms with Gasteiger partial charge in [-0.3, -0.25) is 14.6 Å². The van der Waals surface area contributed by atoms with E-state index in [0.29, 0.717) is 22.9 Å². The zero-order valence-corrected chi connectivity index (χ0v) is 15.5. The molecule has 0 aliphatic carbocycles. The van der Waals surface area contributed by atoms with Crippen molar-refractivity contribution in [2.45, 2.75) is 32.4 Å². The van der Waals surface area contributed by atoms with Crippen LogP contribution in [0.1, 0.15) is 41.5 Å². The molecule has 0 spiro atoms. The van der Waals surface area contributed by atoms with Gasteiger partial charge in [0.25, 0.3) is 5.91 Å². The third-order valence-corrected chi connectivity index (χ3v) is 4.21. The third kappa shape index (κ3) is 4.39. The first-order valence-corrected chi connectivity index (χ1v) is 8.60. The highest BCUT2D eigenvalue weighted by molar-refractivity contribution is 6.33. The summed E-state index contributed by atoms with van der Waals surface area (Å²) in [5, 5.41) is 23.3. The summed E-state index contributed by atoms with van der Waals surface area (Å²) in [7, 11) is 0. The molecule has 2 atom stereocenters. The highest BCUT2D eigenvalue weighted by atomic mass is 35.5. The van der Waals surface area contributed by atoms with Gasteiger partial charge in [0.05, 0.1) is 32.0 Å². The number of nitrogens with zero attached hydrogens (tertiary/aromatic N) is 4. The molecule has 1 amide bonds. The fourth-order valence-corrected chi connectivity index (χ4v) is 2.78. The topological polar surface area (TPSA) is 100 Å². The maximum Gasteiger partial charge on any atom is 0.272 e. The number of aromatic amines is 1. The molecule has 0 aliphatic heterocycles. The largest absolute Gasteiger partial charge is 0.387 e. The maximum absolute atomic E-state index is 12.4. The molecule has 0 fully saturated rings. The number of halogens is 1. The summed E-state index contributed by atoms with van der Waals surface area (Å²) in [6.07, 6.45) is -1.18. The lowest BCUT2D eigenvalue weighted by molar-refractivity contribution is 0.0931. The molecule has 3 rings (SSSR count). The number of aromatic nitrogens is 4. The molecule has 144 valence electrons. The molecule has 2 heterocycles. The minimum absolute atomic E-state index is 0.155. The van der Waals surface area contributed by atoms with Crippen molar-refractivity contribution < 1.29 is 15.4 Å². The standard InChI is InChI=1S/C19H19ClN6O2/c1-11(22-19(28)18-9-17(12(2)27)23-24-18)10-26-7-6-15(25-26)13-4-5-16(21-3)14(20)8-13/h4-9,11-12,27H,10H2,1-2H3,(H,22,28)(H,23,24)/t11-,12?/m0/s1/i2D3,12D. The van der Waals surface area contributed by atoms with E-state index in [1.165, 1.54) is 0 Å². The van der Waals surface area contributed by atoms with Gasteiger partial charge in [-0.2, -0.15) is 10.2 Å². The van der Waals surface area contributed by atoms with Crippen molar-refractivity contribution in [3.63, 3.8) is 0 Å². The zero-order valence-electron chi connectivity index (χ0n) is 18.8. The predicted octanol–water partition coefficient (Wildman–Crippen LogP) is 3.35. The molecule has 8 nitrogen and oxygen atoms in total. The lowest BCUT2D eigenvalue weighted by atomic mass is 10.1. The first-order chi connectivity index (χ1) is 14.9. The summed E-state index contributed by atoms with van der Waals surface area (Å²) < 4.78 is 31.0. The highest BCUT2D eigenvalue weighted by Crippen LogP contribution is 2.29. The Morgan fingerprint density at radius 2 is 2.36 bits per heavy atom. The normalized spacial score (nSPS) is 16.6. The molecule has 1 aromatic carbocycles. The van der Waals surface area contributed by atoms with Crippen LogP contribution in [0.4, 0.5) is 5.69 Å². The van der Waals surface area contributed by atoms with Crippen LogP contribution in [0.2, 0.25) is 5.02 Å². The van der Waals surface area contributed by atoms with E-state index in [1.807, 2.05) is 0 Å². The van der Waals surface area contributed by atoms with Crippen LogP contribution in [0.25, 0.3) is 16.1 Å². The lowest BCUT2D eigenvalue weighted by Crippen LogP contribution is -2.36. The Balaban J connectivity index is 1.64. The second-order valence-corrected chi connectivity index (χ2v) is 6.50. The van der Waals surface area contributed by atoms with Gasteiger partial charge >= 0.3 is 0 Å². The first-order valence-electron chi connectivity index (χ1n) is 10.2. The second kappa shape index (κ2) is 8.25. The van der Waals surface area contributed by atoms with Gasteiger partial charge in [0.2, 0.25) is 5.69 Å². The maximum atomic E-state index is 12.4. The van der Waals surface area contributed by atoms with E-state index in [4.69, 9.17) is 23.7 Å². The second-order valence-electron chi connectivity index (χ2n) is 6.09. The molecule has 0 radical (unpaired) electrons. The average molecular weight is 403 g/mol. The van der Waals surface area contributed by atoms with E-state index in [0.717, 1.165) is 11.6 Å². The number of carbonyl (C=O) groups is 1. The number of rotatable bonds is 6. The van der Waals surface area contributed by atoms with Gasteiger partial charge < -0.3 is 10.4 Å². The number of H-pyrrole nitrogens is 1. The highest BCUT2D eigenvalue weighted by Gasteiger charge is 2.16. The van der Waals surface area contributed by atoms with Crippen LogP contribution in [0.3, 0.4) is 0 Å². The molecule has 1 unspecified atom stereocenters. The van der Waals surface area contributed by atoms with Gasteiger partial charge in [0, 0.05) is 26.9 Å². The number of aliphatic hydroxyl groups is 1. The van der Waals surface area contributed by atoms with Crippen molar-refractivity contribution in [2.75, 3.05) is 0 Å². The molecule has 3 aromatic rings. The van der Waals surface area contributed by atoms with Crippen LogP contribution in [0.5, 0.6) is 0 Å². The summed E-state index contributed by atoms with van der Waals surface area (Å²) in [6.45, 7) is 6.11. The summed E-state index contributed by atoms with van der Waals surface area (Å²) in [4.78, 5) is 15.7. The Kier molecular flexibility index (Phi) is 4.38. The fourth-order valence-electron chi connectivity index (χ4n) is 2.56. The number of nitrogens with one attached hydrogen (secondary N) is 2. The lowest BCUT2D eigenvalue weighted by Gasteiger charge is -2.13. The van der Waals surface area contributed by atoms with Gasteiger partial charge in [0.15, 0.2) is 0 Å². The Morgan fingerprint density at radius 1 is 1.54 bits per heavy atom. The van der Waals surface area contributed by atoms with Gasteiger partial charge in [0.1, 0.15) is 5.69 Å². The molecule has 0 aliphatic rings. The number of hydrogen-bond donors (Lipinski definition) is 3. The monoisotopic (exact) mass is 402 g/mol. The van der Waals surface area contributed by atoms with Crippen LogP contribution in [-0.2, 0) is 6.54 Å². The van der Waals surface area contributed by atoms with E-state index < -0.39 is 24.5 Å². The van der Waals surface area contributed by atoms with Crippen molar-refractivity contribution in [3.8, 4) is 11.3 Å². The van der Waals surface area contributed by atoms with Gasteiger partial charge in [-0.15, -0.1) is 0 Å². The van der Waals surface area contributed by atoms with E-state index in [2.05, 4.69) is 25.5 Å². The SMILES string of the molecule is [2H]C([2H])([2H])C([2H])(O)c1cc(C(=O)N[C@@H](C)Cn2ccc(-c3ccc([N+]#[C-])c(Cl)c3)n2)n[nH]1. The van der Waals surface area contributed by atoms with Crippen LogP contribution in [0.15, 0.2) is 36.5 Å².